The molecule has 0 aromatic heterocycles. The molecule has 1 N–H and O–H groups in total. The Labute approximate surface area is 164 Å². The molecule has 0 aliphatic carbocycles. The molecule has 2 aromatic rings. The molecule has 0 atom stereocenters. The average Bonchev–Trinajstić information content (AvgIpc) is 2.52. The molecular weight excluding hydrogens is 355 g/mol. The standard InChI is InChI=1S/C23H31O3P/c1-21(2,3)17-13-15-9-11-19(17)25-27(24)26-20-12-10-16(23(15,7)8)14-18(20)22(4,5)6/h9-14,24H,1-8H3. The first-order chi connectivity index (χ1) is 12.3. The van der Waals surface area contributed by atoms with Gasteiger partial charge in [0.15, 0.2) is 0 Å². The van der Waals surface area contributed by atoms with Crippen LogP contribution in [-0.4, -0.2) is 4.89 Å². The van der Waals surface area contributed by atoms with Crippen LogP contribution in [0.3, 0.4) is 0 Å². The van der Waals surface area contributed by atoms with Crippen molar-refractivity contribution in [3.05, 3.63) is 58.7 Å². The summed E-state index contributed by atoms with van der Waals surface area (Å²) in [7, 11) is -2.07. The van der Waals surface area contributed by atoms with Gasteiger partial charge in [0.2, 0.25) is 0 Å². The van der Waals surface area contributed by atoms with Crippen LogP contribution in [0.2, 0.25) is 0 Å². The lowest BCUT2D eigenvalue weighted by atomic mass is 9.73. The monoisotopic (exact) mass is 386 g/mol. The van der Waals surface area contributed by atoms with Gasteiger partial charge in [-0.15, -0.1) is 0 Å². The maximum absolute atomic E-state index is 10.5. The molecule has 0 radical (unpaired) electrons. The summed E-state index contributed by atoms with van der Waals surface area (Å²) in [5, 5.41) is 0. The van der Waals surface area contributed by atoms with E-state index in [2.05, 4.69) is 79.7 Å². The summed E-state index contributed by atoms with van der Waals surface area (Å²) in [5.74, 6) is 1.37. The topological polar surface area (TPSA) is 38.7 Å². The minimum atomic E-state index is -2.07. The van der Waals surface area contributed by atoms with Gasteiger partial charge in [-0.25, -0.2) is 0 Å². The van der Waals surface area contributed by atoms with Crippen LogP contribution in [0.1, 0.15) is 77.6 Å². The van der Waals surface area contributed by atoms with Crippen molar-refractivity contribution in [2.75, 3.05) is 0 Å². The summed E-state index contributed by atoms with van der Waals surface area (Å²) in [4.78, 5) is 10.5. The Balaban J connectivity index is 2.30. The SMILES string of the molecule is CC(C)(C)c1cc2ccc1OP(O)Oc1ccc(cc1C(C)(C)C)C2(C)C. The summed E-state index contributed by atoms with van der Waals surface area (Å²) < 4.78 is 11.8. The molecule has 4 aliphatic rings. The number of benzene rings is 2. The van der Waals surface area contributed by atoms with Crippen molar-refractivity contribution in [2.24, 2.45) is 0 Å². The molecule has 0 saturated heterocycles. The fraction of sp³-hybridized carbons (Fsp3) is 0.478. The highest BCUT2D eigenvalue weighted by Crippen LogP contribution is 2.47. The third kappa shape index (κ3) is 3.86. The van der Waals surface area contributed by atoms with Crippen molar-refractivity contribution in [1.82, 2.24) is 0 Å². The molecule has 0 spiro atoms. The highest BCUT2D eigenvalue weighted by Gasteiger charge is 2.32. The van der Waals surface area contributed by atoms with Gasteiger partial charge in [-0.05, 0) is 34.1 Å². The number of hydrogen-bond donors (Lipinski definition) is 1. The lowest BCUT2D eigenvalue weighted by molar-refractivity contribution is 0.370. The molecule has 0 saturated carbocycles. The fourth-order valence-electron chi connectivity index (χ4n) is 3.52. The van der Waals surface area contributed by atoms with Gasteiger partial charge in [0.1, 0.15) is 11.5 Å². The third-order valence-electron chi connectivity index (χ3n) is 5.37. The van der Waals surface area contributed by atoms with E-state index in [1.54, 1.807) is 0 Å². The first-order valence-electron chi connectivity index (χ1n) is 9.45. The Morgan fingerprint density at radius 2 is 1.11 bits per heavy atom. The highest BCUT2D eigenvalue weighted by atomic mass is 31.2. The van der Waals surface area contributed by atoms with Crippen LogP contribution >= 0.6 is 8.60 Å². The average molecular weight is 386 g/mol. The van der Waals surface area contributed by atoms with Gasteiger partial charge >= 0.3 is 8.60 Å². The Hall–Kier alpha value is -1.57. The summed E-state index contributed by atoms with van der Waals surface area (Å²) in [6.07, 6.45) is 0. The van der Waals surface area contributed by atoms with Crippen LogP contribution < -0.4 is 9.05 Å². The van der Waals surface area contributed by atoms with E-state index in [-0.39, 0.29) is 16.2 Å². The van der Waals surface area contributed by atoms with Gasteiger partial charge in [0.05, 0.1) is 0 Å². The second-order valence-corrected chi connectivity index (χ2v) is 10.8. The lowest BCUT2D eigenvalue weighted by Crippen LogP contribution is -2.23. The summed E-state index contributed by atoms with van der Waals surface area (Å²) in [5.41, 5.74) is 4.22. The fourth-order valence-corrected chi connectivity index (χ4v) is 4.21. The zero-order chi connectivity index (χ0) is 20.2. The van der Waals surface area contributed by atoms with E-state index in [9.17, 15) is 4.89 Å². The minimum absolute atomic E-state index is 0.110. The van der Waals surface area contributed by atoms with E-state index in [0.717, 1.165) is 11.1 Å². The molecule has 4 aliphatic heterocycles. The van der Waals surface area contributed by atoms with Gasteiger partial charge in [0, 0.05) is 16.5 Å². The Bertz CT molecular complexity index is 787. The zero-order valence-corrected chi connectivity index (χ0v) is 18.6. The first-order valence-corrected chi connectivity index (χ1v) is 10.6. The van der Waals surface area contributed by atoms with Crippen LogP contribution in [0, 0.1) is 0 Å². The zero-order valence-electron chi connectivity index (χ0n) is 17.7. The van der Waals surface area contributed by atoms with Gasteiger partial charge in [-0.2, -0.15) is 0 Å². The van der Waals surface area contributed by atoms with Crippen molar-refractivity contribution >= 4 is 8.60 Å². The second-order valence-electron chi connectivity index (χ2n) is 9.97. The maximum atomic E-state index is 10.5. The summed E-state index contributed by atoms with van der Waals surface area (Å²) in [6, 6.07) is 12.5. The summed E-state index contributed by atoms with van der Waals surface area (Å²) in [6.45, 7) is 17.4. The van der Waals surface area contributed by atoms with Crippen LogP contribution in [0.5, 0.6) is 11.5 Å². The van der Waals surface area contributed by atoms with E-state index in [1.165, 1.54) is 11.1 Å². The van der Waals surface area contributed by atoms with Crippen molar-refractivity contribution in [1.29, 1.82) is 0 Å². The third-order valence-corrected chi connectivity index (χ3v) is 6.08. The van der Waals surface area contributed by atoms with Crippen LogP contribution in [0.15, 0.2) is 36.4 Å². The van der Waals surface area contributed by atoms with E-state index in [4.69, 9.17) is 9.05 Å². The Kier molecular flexibility index (Phi) is 4.85. The lowest BCUT2D eigenvalue weighted by Gasteiger charge is -2.33. The molecule has 0 fully saturated rings. The van der Waals surface area contributed by atoms with Gasteiger partial charge < -0.3 is 13.9 Å². The molecule has 4 heteroatoms. The van der Waals surface area contributed by atoms with Crippen molar-refractivity contribution in [2.45, 2.75) is 71.6 Å². The van der Waals surface area contributed by atoms with Crippen molar-refractivity contribution < 1.29 is 13.9 Å². The molecule has 3 nitrogen and oxygen atoms in total. The van der Waals surface area contributed by atoms with Crippen LogP contribution in [-0.2, 0) is 16.2 Å². The van der Waals surface area contributed by atoms with E-state index < -0.39 is 8.60 Å². The molecule has 6 rings (SSSR count). The van der Waals surface area contributed by atoms with Gasteiger partial charge in [-0.3, -0.25) is 0 Å². The molecule has 4 bridgehead atoms. The molecule has 2 aromatic carbocycles. The van der Waals surface area contributed by atoms with Crippen molar-refractivity contribution in [3.8, 4) is 11.5 Å². The smallest absolute Gasteiger partial charge is 0.418 e. The molecule has 4 heterocycles. The molecule has 0 amide bonds. The van der Waals surface area contributed by atoms with Gasteiger partial charge in [0.25, 0.3) is 0 Å². The van der Waals surface area contributed by atoms with E-state index in [1.807, 2.05) is 12.1 Å². The second kappa shape index (κ2) is 6.50. The van der Waals surface area contributed by atoms with Gasteiger partial charge in [-0.1, -0.05) is 79.7 Å². The van der Waals surface area contributed by atoms with Crippen LogP contribution in [0.4, 0.5) is 0 Å². The van der Waals surface area contributed by atoms with Crippen molar-refractivity contribution in [3.63, 3.8) is 0 Å². The molecule has 27 heavy (non-hydrogen) atoms. The largest absolute Gasteiger partial charge is 0.460 e. The molecular formula is C23H31O3P. The quantitative estimate of drug-likeness (QED) is 0.519. The first kappa shape index (κ1) is 20.2. The van der Waals surface area contributed by atoms with E-state index in [0.29, 0.717) is 11.5 Å². The normalized spacial score (nSPS) is 17.1. The Morgan fingerprint density at radius 3 is 1.44 bits per heavy atom. The predicted octanol–water partition coefficient (Wildman–Crippen LogP) is 6.60. The number of rotatable bonds is 0. The Morgan fingerprint density at radius 1 is 0.741 bits per heavy atom. The maximum Gasteiger partial charge on any atom is 0.460 e. The number of hydrogen-bond acceptors (Lipinski definition) is 3. The molecule has 0 unspecified atom stereocenters. The summed E-state index contributed by atoms with van der Waals surface area (Å²) >= 11 is 0. The minimum Gasteiger partial charge on any atom is -0.418 e. The molecule has 146 valence electrons. The van der Waals surface area contributed by atoms with Crippen LogP contribution in [0.25, 0.3) is 0 Å². The van der Waals surface area contributed by atoms with E-state index >= 15 is 0 Å². The predicted molar refractivity (Wildman–Crippen MR) is 113 cm³/mol. The highest BCUT2D eigenvalue weighted by molar-refractivity contribution is 7.41.